The highest BCUT2D eigenvalue weighted by atomic mass is 16.5. The first kappa shape index (κ1) is 19.5. The molecule has 1 aliphatic heterocycles. The summed E-state index contributed by atoms with van der Waals surface area (Å²) in [4.78, 5) is 16.6. The van der Waals surface area contributed by atoms with Crippen molar-refractivity contribution in [3.63, 3.8) is 0 Å². The fourth-order valence-electron chi connectivity index (χ4n) is 3.09. The van der Waals surface area contributed by atoms with Gasteiger partial charge in [-0.3, -0.25) is 4.79 Å². The van der Waals surface area contributed by atoms with Crippen molar-refractivity contribution in [3.05, 3.63) is 23.3 Å². The summed E-state index contributed by atoms with van der Waals surface area (Å²) >= 11 is 0. The second-order valence-corrected chi connectivity index (χ2v) is 6.70. The molecule has 0 saturated heterocycles. The Labute approximate surface area is 151 Å². The number of carbonyl (C=O) groups excluding carboxylic acids is 1. The fraction of sp³-hybridized carbons (Fsp3) is 0.632. The monoisotopic (exact) mass is 349 g/mol. The molecule has 0 bridgehead atoms. The zero-order chi connectivity index (χ0) is 18.2. The summed E-state index contributed by atoms with van der Waals surface area (Å²) in [5.74, 6) is 1.68. The number of carbonyl (C=O) groups is 1. The Morgan fingerprint density at radius 2 is 1.84 bits per heavy atom. The lowest BCUT2D eigenvalue weighted by Gasteiger charge is -2.29. The molecule has 1 aliphatic rings. The molecule has 6 heteroatoms. The summed E-state index contributed by atoms with van der Waals surface area (Å²) in [5.41, 5.74) is 2.39. The van der Waals surface area contributed by atoms with Crippen LogP contribution in [0, 0.1) is 0 Å². The topological polar surface area (TPSA) is 54.0 Å². The largest absolute Gasteiger partial charge is 0.493 e. The number of rotatable bonds is 9. The maximum Gasteiger partial charge on any atom is 0.224 e. The van der Waals surface area contributed by atoms with Crippen LogP contribution in [0.2, 0.25) is 0 Å². The van der Waals surface area contributed by atoms with Crippen molar-refractivity contribution in [1.82, 2.24) is 15.1 Å². The number of methoxy groups -OCH3 is 2. The lowest BCUT2D eigenvalue weighted by atomic mass is 9.98. The molecular formula is C19H31N3O3. The molecule has 0 aromatic heterocycles. The van der Waals surface area contributed by atoms with Crippen molar-refractivity contribution in [2.24, 2.45) is 0 Å². The van der Waals surface area contributed by atoms with E-state index >= 15 is 0 Å². The molecule has 140 valence electrons. The number of fused-ring (bicyclic) bond motifs is 1. The molecule has 0 spiro atoms. The molecule has 1 aromatic rings. The number of nitrogens with zero attached hydrogens (tertiary/aromatic N) is 2. The van der Waals surface area contributed by atoms with Gasteiger partial charge in [-0.2, -0.15) is 0 Å². The van der Waals surface area contributed by atoms with Gasteiger partial charge in [0.05, 0.1) is 14.2 Å². The molecule has 25 heavy (non-hydrogen) atoms. The molecule has 0 atom stereocenters. The van der Waals surface area contributed by atoms with E-state index in [0.29, 0.717) is 13.0 Å². The highest BCUT2D eigenvalue weighted by Crippen LogP contribution is 2.33. The van der Waals surface area contributed by atoms with Crippen LogP contribution in [-0.4, -0.2) is 70.2 Å². The van der Waals surface area contributed by atoms with E-state index in [2.05, 4.69) is 24.3 Å². The number of hydrogen-bond acceptors (Lipinski definition) is 5. The van der Waals surface area contributed by atoms with Gasteiger partial charge in [0.1, 0.15) is 0 Å². The average Bonchev–Trinajstić information content (AvgIpc) is 2.62. The van der Waals surface area contributed by atoms with E-state index in [1.54, 1.807) is 14.2 Å². The molecule has 0 saturated carbocycles. The van der Waals surface area contributed by atoms with E-state index in [1.165, 1.54) is 5.56 Å². The van der Waals surface area contributed by atoms with E-state index in [0.717, 1.165) is 56.1 Å². The maximum atomic E-state index is 12.4. The van der Waals surface area contributed by atoms with Crippen molar-refractivity contribution in [2.45, 2.75) is 25.8 Å². The van der Waals surface area contributed by atoms with Crippen molar-refractivity contribution in [3.8, 4) is 11.5 Å². The van der Waals surface area contributed by atoms with Gasteiger partial charge in [0.2, 0.25) is 5.91 Å². The van der Waals surface area contributed by atoms with Crippen LogP contribution < -0.4 is 14.8 Å². The third-order valence-electron chi connectivity index (χ3n) is 4.55. The molecular weight excluding hydrogens is 318 g/mol. The van der Waals surface area contributed by atoms with E-state index in [-0.39, 0.29) is 5.91 Å². The highest BCUT2D eigenvalue weighted by molar-refractivity contribution is 5.76. The Bertz CT molecular complexity index is 575. The Hall–Kier alpha value is -1.79. The first-order chi connectivity index (χ1) is 12.0. The molecule has 1 amide bonds. The van der Waals surface area contributed by atoms with Crippen LogP contribution in [-0.2, 0) is 17.8 Å². The Balaban J connectivity index is 1.82. The number of benzene rings is 1. The quantitative estimate of drug-likeness (QED) is 0.685. The molecule has 1 heterocycles. The fourth-order valence-corrected chi connectivity index (χ4v) is 3.09. The third-order valence-corrected chi connectivity index (χ3v) is 4.55. The number of ether oxygens (including phenoxy) is 2. The van der Waals surface area contributed by atoms with Gasteiger partial charge < -0.3 is 24.6 Å². The summed E-state index contributed by atoms with van der Waals surface area (Å²) in [6, 6.07) is 4.02. The van der Waals surface area contributed by atoms with Gasteiger partial charge in [0.25, 0.3) is 0 Å². The van der Waals surface area contributed by atoms with Gasteiger partial charge in [-0.1, -0.05) is 0 Å². The lowest BCUT2D eigenvalue weighted by molar-refractivity contribution is -0.132. The van der Waals surface area contributed by atoms with Gasteiger partial charge in [-0.05, 0) is 63.3 Å². The summed E-state index contributed by atoms with van der Waals surface area (Å²) in [5, 5.41) is 3.35. The van der Waals surface area contributed by atoms with Gasteiger partial charge in [0.15, 0.2) is 11.5 Å². The van der Waals surface area contributed by atoms with Crippen molar-refractivity contribution in [2.75, 3.05) is 54.5 Å². The van der Waals surface area contributed by atoms with Crippen LogP contribution >= 0.6 is 0 Å². The first-order valence-electron chi connectivity index (χ1n) is 8.92. The SMILES string of the molecule is COc1cc2c(cc1OC)CN(C(=O)CCNCCCN(C)C)CC2. The number of nitrogens with one attached hydrogen (secondary N) is 1. The zero-order valence-electron chi connectivity index (χ0n) is 15.9. The molecule has 0 radical (unpaired) electrons. The van der Waals surface area contributed by atoms with E-state index < -0.39 is 0 Å². The summed E-state index contributed by atoms with van der Waals surface area (Å²) in [6.45, 7) is 4.17. The second-order valence-electron chi connectivity index (χ2n) is 6.70. The standard InChI is InChI=1S/C19H31N3O3/c1-21(2)10-5-8-20-9-6-19(23)22-11-7-15-12-17(24-3)18(25-4)13-16(15)14-22/h12-13,20H,5-11,14H2,1-4H3. The molecule has 1 N–H and O–H groups in total. The first-order valence-corrected chi connectivity index (χ1v) is 8.92. The van der Waals surface area contributed by atoms with Crippen molar-refractivity contribution < 1.29 is 14.3 Å². The maximum absolute atomic E-state index is 12.4. The molecule has 0 unspecified atom stereocenters. The third kappa shape index (κ3) is 5.61. The van der Waals surface area contributed by atoms with Gasteiger partial charge in [-0.15, -0.1) is 0 Å². The van der Waals surface area contributed by atoms with E-state index in [4.69, 9.17) is 9.47 Å². The lowest BCUT2D eigenvalue weighted by Crippen LogP contribution is -2.37. The van der Waals surface area contributed by atoms with Crippen LogP contribution in [0.1, 0.15) is 24.0 Å². The minimum absolute atomic E-state index is 0.209. The summed E-state index contributed by atoms with van der Waals surface area (Å²) < 4.78 is 10.7. The zero-order valence-corrected chi connectivity index (χ0v) is 15.9. The van der Waals surface area contributed by atoms with Crippen molar-refractivity contribution >= 4 is 5.91 Å². The summed E-state index contributed by atoms with van der Waals surface area (Å²) in [6.07, 6.45) is 2.50. The number of hydrogen-bond donors (Lipinski definition) is 1. The van der Waals surface area contributed by atoms with Crippen molar-refractivity contribution in [1.29, 1.82) is 0 Å². The minimum Gasteiger partial charge on any atom is -0.493 e. The molecule has 6 nitrogen and oxygen atoms in total. The van der Waals surface area contributed by atoms with Gasteiger partial charge in [0, 0.05) is 26.1 Å². The van der Waals surface area contributed by atoms with Crippen LogP contribution in [0.3, 0.4) is 0 Å². The van der Waals surface area contributed by atoms with Crippen LogP contribution in [0.5, 0.6) is 11.5 Å². The molecule has 2 rings (SSSR count). The van der Waals surface area contributed by atoms with Gasteiger partial charge in [-0.25, -0.2) is 0 Å². The minimum atomic E-state index is 0.209. The Morgan fingerprint density at radius 3 is 2.48 bits per heavy atom. The molecule has 0 fully saturated rings. The van der Waals surface area contributed by atoms with Crippen LogP contribution in [0.15, 0.2) is 12.1 Å². The van der Waals surface area contributed by atoms with E-state index in [9.17, 15) is 4.79 Å². The average molecular weight is 349 g/mol. The predicted molar refractivity (Wildman–Crippen MR) is 99.3 cm³/mol. The molecule has 1 aromatic carbocycles. The predicted octanol–water partition coefficient (Wildman–Crippen LogP) is 1.52. The number of amides is 1. The van der Waals surface area contributed by atoms with E-state index in [1.807, 2.05) is 17.0 Å². The molecule has 0 aliphatic carbocycles. The second kappa shape index (κ2) is 9.63. The highest BCUT2D eigenvalue weighted by Gasteiger charge is 2.22. The normalized spacial score (nSPS) is 13.7. The Morgan fingerprint density at radius 1 is 1.16 bits per heavy atom. The van der Waals surface area contributed by atoms with Gasteiger partial charge >= 0.3 is 0 Å². The van der Waals surface area contributed by atoms with Crippen LogP contribution in [0.25, 0.3) is 0 Å². The smallest absolute Gasteiger partial charge is 0.224 e. The Kier molecular flexibility index (Phi) is 7.52. The van der Waals surface area contributed by atoms with Crippen LogP contribution in [0.4, 0.5) is 0 Å². The summed E-state index contributed by atoms with van der Waals surface area (Å²) in [7, 11) is 7.43.